The second kappa shape index (κ2) is 6.41. The summed E-state index contributed by atoms with van der Waals surface area (Å²) in [7, 11) is 0. The molecule has 108 valence electrons. The van der Waals surface area contributed by atoms with Crippen molar-refractivity contribution in [1.29, 1.82) is 0 Å². The molecule has 0 heterocycles. The van der Waals surface area contributed by atoms with Gasteiger partial charge in [-0.2, -0.15) is 0 Å². The number of nitrogens with two attached hydrogens (primary N) is 1. The molecule has 0 radical (unpaired) electrons. The van der Waals surface area contributed by atoms with Gasteiger partial charge in [0.2, 0.25) is 0 Å². The molecule has 5 unspecified atom stereocenters. The smallest absolute Gasteiger partial charge is 0.00490 e. The van der Waals surface area contributed by atoms with Crippen LogP contribution in [0.25, 0.3) is 0 Å². The molecule has 0 aromatic carbocycles. The fraction of sp³-hybridized carbons (Fsp3) is 1.00. The molecule has 1 nitrogen and oxygen atoms in total. The molecule has 2 N–H and O–H groups in total. The zero-order chi connectivity index (χ0) is 13.9. The van der Waals surface area contributed by atoms with E-state index in [1.54, 1.807) is 0 Å². The molecular formula is C17H35N. The maximum Gasteiger partial charge on any atom is -0.00490 e. The van der Waals surface area contributed by atoms with Gasteiger partial charge in [-0.05, 0) is 67.2 Å². The van der Waals surface area contributed by atoms with Crippen molar-refractivity contribution in [3.05, 3.63) is 0 Å². The van der Waals surface area contributed by atoms with Crippen LogP contribution in [0.2, 0.25) is 0 Å². The normalized spacial score (nSPS) is 32.3. The Kier molecular flexibility index (Phi) is 5.70. The van der Waals surface area contributed by atoms with Gasteiger partial charge in [-0.25, -0.2) is 0 Å². The van der Waals surface area contributed by atoms with Gasteiger partial charge < -0.3 is 5.73 Å². The molecule has 1 aliphatic carbocycles. The van der Waals surface area contributed by atoms with E-state index >= 15 is 0 Å². The minimum absolute atomic E-state index is 0.633. The Morgan fingerprint density at radius 3 is 2.22 bits per heavy atom. The van der Waals surface area contributed by atoms with E-state index in [1.165, 1.54) is 25.7 Å². The van der Waals surface area contributed by atoms with Gasteiger partial charge in [-0.3, -0.25) is 0 Å². The second-order valence-corrected chi connectivity index (χ2v) is 7.92. The number of rotatable bonds is 8. The van der Waals surface area contributed by atoms with E-state index < -0.39 is 0 Å². The molecule has 0 aliphatic heterocycles. The van der Waals surface area contributed by atoms with E-state index in [2.05, 4.69) is 41.5 Å². The van der Waals surface area contributed by atoms with Crippen molar-refractivity contribution in [3.8, 4) is 0 Å². The maximum absolute atomic E-state index is 5.78. The Bertz CT molecular complexity index is 248. The van der Waals surface area contributed by atoms with Crippen LogP contribution >= 0.6 is 0 Å². The molecule has 1 rings (SSSR count). The third-order valence-corrected chi connectivity index (χ3v) is 5.23. The van der Waals surface area contributed by atoms with Gasteiger partial charge in [0.25, 0.3) is 0 Å². The van der Waals surface area contributed by atoms with Crippen LogP contribution in [0, 0.1) is 35.0 Å². The molecule has 1 saturated carbocycles. The fourth-order valence-electron chi connectivity index (χ4n) is 3.68. The summed E-state index contributed by atoms with van der Waals surface area (Å²) < 4.78 is 0. The fourth-order valence-corrected chi connectivity index (χ4v) is 3.68. The van der Waals surface area contributed by atoms with E-state index in [4.69, 9.17) is 5.73 Å². The van der Waals surface area contributed by atoms with Gasteiger partial charge in [0.1, 0.15) is 0 Å². The lowest BCUT2D eigenvalue weighted by atomic mass is 9.83. The minimum atomic E-state index is 0.633. The van der Waals surface area contributed by atoms with Crippen LogP contribution < -0.4 is 5.73 Å². The van der Waals surface area contributed by atoms with Crippen LogP contribution in [0.5, 0.6) is 0 Å². The summed E-state index contributed by atoms with van der Waals surface area (Å²) >= 11 is 0. The molecule has 0 aromatic heterocycles. The summed E-state index contributed by atoms with van der Waals surface area (Å²) in [5.41, 5.74) is 6.42. The van der Waals surface area contributed by atoms with Gasteiger partial charge in [-0.15, -0.1) is 0 Å². The van der Waals surface area contributed by atoms with Crippen molar-refractivity contribution in [2.24, 2.45) is 40.7 Å². The highest BCUT2D eigenvalue weighted by atomic mass is 14.6. The molecule has 0 spiro atoms. The highest BCUT2D eigenvalue weighted by molar-refractivity contribution is 5.00. The molecule has 0 saturated heterocycles. The van der Waals surface area contributed by atoms with E-state index in [1.807, 2.05) is 0 Å². The third kappa shape index (κ3) is 4.57. The Morgan fingerprint density at radius 1 is 1.11 bits per heavy atom. The molecule has 0 aromatic rings. The Labute approximate surface area is 115 Å². The first kappa shape index (κ1) is 16.0. The third-order valence-electron chi connectivity index (χ3n) is 5.23. The molecule has 1 aliphatic rings. The van der Waals surface area contributed by atoms with Gasteiger partial charge in [-0.1, -0.05) is 41.5 Å². The van der Waals surface area contributed by atoms with Crippen molar-refractivity contribution in [3.63, 3.8) is 0 Å². The molecule has 1 fully saturated rings. The van der Waals surface area contributed by atoms with E-state index in [9.17, 15) is 0 Å². The average Bonchev–Trinajstić information content (AvgIpc) is 2.85. The maximum atomic E-state index is 5.78. The molecule has 18 heavy (non-hydrogen) atoms. The average molecular weight is 253 g/mol. The number of hydrogen-bond acceptors (Lipinski definition) is 1. The lowest BCUT2D eigenvalue weighted by Gasteiger charge is -2.23. The second-order valence-electron chi connectivity index (χ2n) is 7.92. The molecule has 0 bridgehead atoms. The lowest BCUT2D eigenvalue weighted by Crippen LogP contribution is -2.21. The zero-order valence-electron chi connectivity index (χ0n) is 13.5. The van der Waals surface area contributed by atoms with E-state index in [0.717, 1.165) is 30.2 Å². The van der Waals surface area contributed by atoms with Gasteiger partial charge >= 0.3 is 0 Å². The summed E-state index contributed by atoms with van der Waals surface area (Å²) in [6.45, 7) is 15.1. The Balaban J connectivity index is 2.32. The predicted octanol–water partition coefficient (Wildman–Crippen LogP) is 4.71. The van der Waals surface area contributed by atoms with Crippen molar-refractivity contribution in [1.82, 2.24) is 0 Å². The summed E-state index contributed by atoms with van der Waals surface area (Å²) in [5, 5.41) is 0. The predicted molar refractivity (Wildman–Crippen MR) is 81.4 cm³/mol. The summed E-state index contributed by atoms with van der Waals surface area (Å²) in [4.78, 5) is 0. The highest BCUT2D eigenvalue weighted by Crippen LogP contribution is 2.59. The molecular weight excluding hydrogens is 218 g/mol. The zero-order valence-corrected chi connectivity index (χ0v) is 13.5. The number of hydrogen-bond donors (Lipinski definition) is 1. The van der Waals surface area contributed by atoms with Gasteiger partial charge in [0, 0.05) is 0 Å². The van der Waals surface area contributed by atoms with Gasteiger partial charge in [0.15, 0.2) is 0 Å². The summed E-state index contributed by atoms with van der Waals surface area (Å²) in [6, 6.07) is 0. The quantitative estimate of drug-likeness (QED) is 0.666. The van der Waals surface area contributed by atoms with E-state index in [-0.39, 0.29) is 0 Å². The topological polar surface area (TPSA) is 26.0 Å². The van der Waals surface area contributed by atoms with Crippen LogP contribution in [-0.4, -0.2) is 6.54 Å². The molecule has 0 amide bonds. The standard InChI is InChI=1S/C17H35N/c1-12(2)7-13(3)8-16-10-17(16,6)9-14(4)15(5)11-18/h12-16H,7-11,18H2,1-6H3. The van der Waals surface area contributed by atoms with Crippen molar-refractivity contribution >= 4 is 0 Å². The summed E-state index contributed by atoms with van der Waals surface area (Å²) in [6.07, 6.45) is 5.67. The first-order valence-electron chi connectivity index (χ1n) is 7.98. The monoisotopic (exact) mass is 253 g/mol. The van der Waals surface area contributed by atoms with Crippen LogP contribution in [-0.2, 0) is 0 Å². The summed E-state index contributed by atoms with van der Waals surface area (Å²) in [5.74, 6) is 4.19. The van der Waals surface area contributed by atoms with Crippen molar-refractivity contribution in [2.75, 3.05) is 6.54 Å². The Morgan fingerprint density at radius 2 is 1.72 bits per heavy atom. The highest BCUT2D eigenvalue weighted by Gasteiger charge is 2.50. The van der Waals surface area contributed by atoms with Crippen LogP contribution in [0.1, 0.15) is 67.2 Å². The minimum Gasteiger partial charge on any atom is -0.330 e. The first-order chi connectivity index (χ1) is 8.28. The van der Waals surface area contributed by atoms with Gasteiger partial charge in [0.05, 0.1) is 0 Å². The lowest BCUT2D eigenvalue weighted by molar-refractivity contribution is 0.277. The van der Waals surface area contributed by atoms with E-state index in [0.29, 0.717) is 11.3 Å². The Hall–Kier alpha value is -0.0400. The van der Waals surface area contributed by atoms with Crippen LogP contribution in [0.4, 0.5) is 0 Å². The largest absolute Gasteiger partial charge is 0.330 e. The van der Waals surface area contributed by atoms with Crippen LogP contribution in [0.3, 0.4) is 0 Å². The molecule has 5 atom stereocenters. The molecule has 1 heteroatoms. The van der Waals surface area contributed by atoms with Crippen molar-refractivity contribution in [2.45, 2.75) is 67.2 Å². The van der Waals surface area contributed by atoms with Crippen molar-refractivity contribution < 1.29 is 0 Å². The van der Waals surface area contributed by atoms with Crippen LogP contribution in [0.15, 0.2) is 0 Å². The SMILES string of the molecule is CC(C)CC(C)CC1CC1(C)CC(C)C(C)CN. The first-order valence-corrected chi connectivity index (χ1v) is 7.98.